The van der Waals surface area contributed by atoms with Crippen LogP contribution in [0.25, 0.3) is 6.08 Å². The number of allylic oxidation sites excluding steroid dienone is 1. The largest absolute Gasteiger partial charge is 0.496 e. The third-order valence-electron chi connectivity index (χ3n) is 3.93. The van der Waals surface area contributed by atoms with Crippen LogP contribution in [0, 0.1) is 11.3 Å². The molecule has 3 aromatic carbocycles. The smallest absolute Gasteiger partial charge is 0.272 e. The number of nitriles is 1. The Balaban J connectivity index is 1.93. The van der Waals surface area contributed by atoms with E-state index >= 15 is 0 Å². The highest BCUT2D eigenvalue weighted by molar-refractivity contribution is 7.97. The summed E-state index contributed by atoms with van der Waals surface area (Å²) in [4.78, 5) is -0.448. The molecule has 0 amide bonds. The number of hydrogen-bond donors (Lipinski definition) is 1. The van der Waals surface area contributed by atoms with E-state index in [4.69, 9.17) is 9.47 Å². The minimum absolute atomic E-state index is 0.220. The van der Waals surface area contributed by atoms with Crippen molar-refractivity contribution in [3.05, 3.63) is 89.3 Å². The standard InChI is InChI=1S/C22H18N2O4S/c1-27-21-13-7-5-9-17(21)15-19(16-23)29(25,26)24-20-12-6-8-14-22(20)28-18-10-3-2-4-11-18/h2-15,24H,1H3/b19-15+. The number of rotatable bonds is 7. The Morgan fingerprint density at radius 1 is 0.931 bits per heavy atom. The van der Waals surface area contributed by atoms with Crippen LogP contribution in [0.2, 0.25) is 0 Å². The Labute approximate surface area is 169 Å². The van der Waals surface area contributed by atoms with Gasteiger partial charge < -0.3 is 9.47 Å². The topological polar surface area (TPSA) is 88.4 Å². The minimum atomic E-state index is -4.15. The van der Waals surface area contributed by atoms with Crippen molar-refractivity contribution < 1.29 is 17.9 Å². The molecule has 146 valence electrons. The van der Waals surface area contributed by atoms with Gasteiger partial charge in [-0.1, -0.05) is 48.5 Å². The highest BCUT2D eigenvalue weighted by Gasteiger charge is 2.20. The molecule has 7 heteroatoms. The normalized spacial score (nSPS) is 11.4. The van der Waals surface area contributed by atoms with E-state index in [0.717, 1.165) is 0 Å². The first-order valence-corrected chi connectivity index (χ1v) is 10.1. The van der Waals surface area contributed by atoms with Gasteiger partial charge in [-0.2, -0.15) is 5.26 Å². The molecule has 3 aromatic rings. The lowest BCUT2D eigenvalue weighted by atomic mass is 10.2. The molecule has 0 aromatic heterocycles. The van der Waals surface area contributed by atoms with Gasteiger partial charge in [-0.05, 0) is 36.4 Å². The molecule has 0 saturated heterocycles. The van der Waals surface area contributed by atoms with Gasteiger partial charge in [0.25, 0.3) is 10.0 Å². The van der Waals surface area contributed by atoms with Crippen LogP contribution in [-0.4, -0.2) is 15.5 Å². The molecule has 0 heterocycles. The van der Waals surface area contributed by atoms with E-state index in [1.54, 1.807) is 66.7 Å². The second-order valence-electron chi connectivity index (χ2n) is 5.88. The maximum absolute atomic E-state index is 12.8. The van der Waals surface area contributed by atoms with Gasteiger partial charge in [0.1, 0.15) is 17.6 Å². The van der Waals surface area contributed by atoms with Crippen LogP contribution < -0.4 is 14.2 Å². The van der Waals surface area contributed by atoms with Crippen LogP contribution >= 0.6 is 0 Å². The Morgan fingerprint density at radius 2 is 1.55 bits per heavy atom. The molecule has 0 aliphatic heterocycles. The summed E-state index contributed by atoms with van der Waals surface area (Å²) in [7, 11) is -2.67. The van der Waals surface area contributed by atoms with Gasteiger partial charge in [0.15, 0.2) is 10.7 Å². The van der Waals surface area contributed by atoms with Crippen LogP contribution in [-0.2, 0) is 10.0 Å². The highest BCUT2D eigenvalue weighted by atomic mass is 32.2. The van der Waals surface area contributed by atoms with E-state index in [2.05, 4.69) is 4.72 Å². The summed E-state index contributed by atoms with van der Waals surface area (Å²) < 4.78 is 39.1. The summed E-state index contributed by atoms with van der Waals surface area (Å²) in [5.74, 6) is 1.34. The van der Waals surface area contributed by atoms with Gasteiger partial charge >= 0.3 is 0 Å². The maximum Gasteiger partial charge on any atom is 0.272 e. The third-order valence-corrected chi connectivity index (χ3v) is 5.20. The van der Waals surface area contributed by atoms with Crippen molar-refractivity contribution in [2.45, 2.75) is 0 Å². The summed E-state index contributed by atoms with van der Waals surface area (Å²) >= 11 is 0. The molecule has 29 heavy (non-hydrogen) atoms. The number of ether oxygens (including phenoxy) is 2. The Morgan fingerprint density at radius 3 is 2.24 bits per heavy atom. The zero-order valence-corrected chi connectivity index (χ0v) is 16.4. The van der Waals surface area contributed by atoms with E-state index < -0.39 is 14.9 Å². The second-order valence-corrected chi connectivity index (χ2v) is 7.53. The first-order valence-electron chi connectivity index (χ1n) is 8.63. The average Bonchev–Trinajstić information content (AvgIpc) is 2.74. The minimum Gasteiger partial charge on any atom is -0.496 e. The van der Waals surface area contributed by atoms with Crippen molar-refractivity contribution in [3.63, 3.8) is 0 Å². The number of nitrogens with one attached hydrogen (secondary N) is 1. The molecule has 3 rings (SSSR count). The number of anilines is 1. The van der Waals surface area contributed by atoms with E-state index in [0.29, 0.717) is 22.8 Å². The van der Waals surface area contributed by atoms with Crippen molar-refractivity contribution >= 4 is 21.8 Å². The van der Waals surface area contributed by atoms with Crippen molar-refractivity contribution in [2.75, 3.05) is 11.8 Å². The zero-order chi connectivity index (χ0) is 20.7. The van der Waals surface area contributed by atoms with Crippen molar-refractivity contribution in [3.8, 4) is 23.3 Å². The molecule has 0 aliphatic carbocycles. The molecule has 0 spiro atoms. The summed E-state index contributed by atoms with van der Waals surface area (Å²) in [6, 6.07) is 24.2. The molecule has 0 fully saturated rings. The zero-order valence-electron chi connectivity index (χ0n) is 15.6. The van der Waals surface area contributed by atoms with Gasteiger partial charge in [-0.15, -0.1) is 0 Å². The fraction of sp³-hybridized carbons (Fsp3) is 0.0455. The predicted octanol–water partition coefficient (Wildman–Crippen LogP) is 4.79. The van der Waals surface area contributed by atoms with E-state index in [-0.39, 0.29) is 5.69 Å². The summed E-state index contributed by atoms with van der Waals surface area (Å²) in [6.07, 6.45) is 1.27. The van der Waals surface area contributed by atoms with Crippen molar-refractivity contribution in [1.82, 2.24) is 0 Å². The third kappa shape index (κ3) is 4.94. The second kappa shape index (κ2) is 8.95. The number of sulfonamides is 1. The fourth-order valence-corrected chi connectivity index (χ4v) is 3.52. The van der Waals surface area contributed by atoms with Crippen LogP contribution in [0.3, 0.4) is 0 Å². The Bertz CT molecular complexity index is 1170. The quantitative estimate of drug-likeness (QED) is 0.570. The monoisotopic (exact) mass is 406 g/mol. The summed E-state index contributed by atoms with van der Waals surface area (Å²) in [6.45, 7) is 0. The molecular formula is C22H18N2O4S. The molecule has 1 N–H and O–H groups in total. The number of hydrogen-bond acceptors (Lipinski definition) is 5. The van der Waals surface area contributed by atoms with E-state index in [9.17, 15) is 13.7 Å². The van der Waals surface area contributed by atoms with E-state index in [1.807, 2.05) is 18.2 Å². The van der Waals surface area contributed by atoms with Crippen LogP contribution in [0.1, 0.15) is 5.56 Å². The average molecular weight is 406 g/mol. The molecule has 0 unspecified atom stereocenters. The van der Waals surface area contributed by atoms with Gasteiger partial charge in [0.2, 0.25) is 0 Å². The summed E-state index contributed by atoms with van der Waals surface area (Å²) in [5.41, 5.74) is 0.697. The van der Waals surface area contributed by atoms with E-state index in [1.165, 1.54) is 13.2 Å². The van der Waals surface area contributed by atoms with Crippen LogP contribution in [0.4, 0.5) is 5.69 Å². The predicted molar refractivity (Wildman–Crippen MR) is 112 cm³/mol. The van der Waals surface area contributed by atoms with Gasteiger partial charge in [-0.3, -0.25) is 4.72 Å². The number of benzene rings is 3. The Kier molecular flexibility index (Phi) is 6.17. The first-order chi connectivity index (χ1) is 14.0. The SMILES string of the molecule is COc1ccccc1/C=C(\C#N)S(=O)(=O)Nc1ccccc1Oc1ccccc1. The number of para-hydroxylation sites is 4. The maximum atomic E-state index is 12.8. The lowest BCUT2D eigenvalue weighted by molar-refractivity contribution is 0.414. The highest BCUT2D eigenvalue weighted by Crippen LogP contribution is 2.31. The lowest BCUT2D eigenvalue weighted by Crippen LogP contribution is -2.14. The number of nitrogens with zero attached hydrogens (tertiary/aromatic N) is 1. The van der Waals surface area contributed by atoms with Crippen molar-refractivity contribution in [2.24, 2.45) is 0 Å². The van der Waals surface area contributed by atoms with Crippen LogP contribution in [0.5, 0.6) is 17.2 Å². The van der Waals surface area contributed by atoms with Gasteiger partial charge in [0.05, 0.1) is 12.8 Å². The molecule has 0 bridgehead atoms. The molecule has 6 nitrogen and oxygen atoms in total. The van der Waals surface area contributed by atoms with Gasteiger partial charge in [0, 0.05) is 5.56 Å². The fourth-order valence-electron chi connectivity index (χ4n) is 2.55. The molecular weight excluding hydrogens is 388 g/mol. The first kappa shape index (κ1) is 20.0. The molecule has 0 atom stereocenters. The molecule has 0 aliphatic rings. The molecule has 0 radical (unpaired) electrons. The lowest BCUT2D eigenvalue weighted by Gasteiger charge is -2.13. The molecule has 0 saturated carbocycles. The van der Waals surface area contributed by atoms with Crippen molar-refractivity contribution in [1.29, 1.82) is 5.26 Å². The van der Waals surface area contributed by atoms with Crippen LogP contribution in [0.15, 0.2) is 83.8 Å². The van der Waals surface area contributed by atoms with Gasteiger partial charge in [-0.25, -0.2) is 8.42 Å². The number of methoxy groups -OCH3 is 1. The summed E-state index contributed by atoms with van der Waals surface area (Å²) in [5, 5.41) is 9.46. The Hall–Kier alpha value is -3.76.